The van der Waals surface area contributed by atoms with Crippen LogP contribution in [0.4, 0.5) is 0 Å². The van der Waals surface area contributed by atoms with E-state index < -0.39 is 6.04 Å². The molecule has 5 heteroatoms. The lowest BCUT2D eigenvalue weighted by Crippen LogP contribution is -2.46. The smallest absolute Gasteiger partial charge is 0.239 e. The summed E-state index contributed by atoms with van der Waals surface area (Å²) in [6, 6.07) is -0.453. The van der Waals surface area contributed by atoms with Gasteiger partial charge in [-0.05, 0) is 19.8 Å². The maximum Gasteiger partial charge on any atom is 0.239 e. The summed E-state index contributed by atoms with van der Waals surface area (Å²) in [7, 11) is 1.61. The Morgan fingerprint density at radius 3 is 3.12 bits per heavy atom. The molecular weight excluding hydrogens is 208 g/mol. The van der Waals surface area contributed by atoms with E-state index in [1.807, 2.05) is 6.92 Å². The van der Waals surface area contributed by atoms with Crippen LogP contribution >= 0.6 is 0 Å². The van der Waals surface area contributed by atoms with E-state index in [1.165, 1.54) is 0 Å². The van der Waals surface area contributed by atoms with Gasteiger partial charge >= 0.3 is 0 Å². The van der Waals surface area contributed by atoms with Crippen molar-refractivity contribution in [3.05, 3.63) is 0 Å². The second-order valence-corrected chi connectivity index (χ2v) is 4.21. The molecule has 0 spiro atoms. The number of methoxy groups -OCH3 is 1. The van der Waals surface area contributed by atoms with Crippen molar-refractivity contribution in [1.82, 2.24) is 4.90 Å². The molecule has 1 heterocycles. The Morgan fingerprint density at radius 1 is 1.69 bits per heavy atom. The first-order valence-corrected chi connectivity index (χ1v) is 5.80. The number of carbonyl (C=O) groups excluding carboxylic acids is 1. The second kappa shape index (κ2) is 6.83. The Labute approximate surface area is 96.9 Å². The fourth-order valence-electron chi connectivity index (χ4n) is 1.80. The van der Waals surface area contributed by atoms with Crippen LogP contribution in [0.2, 0.25) is 0 Å². The minimum absolute atomic E-state index is 0.00870. The number of ether oxygens (including phenoxy) is 2. The van der Waals surface area contributed by atoms with E-state index in [1.54, 1.807) is 12.0 Å². The first-order chi connectivity index (χ1) is 7.65. The SMILES string of the molecule is COCCC(N)C(=O)N1CCCOC(C)C1. The van der Waals surface area contributed by atoms with Crippen molar-refractivity contribution >= 4 is 5.91 Å². The van der Waals surface area contributed by atoms with Gasteiger partial charge in [-0.25, -0.2) is 0 Å². The van der Waals surface area contributed by atoms with E-state index >= 15 is 0 Å². The highest BCUT2D eigenvalue weighted by atomic mass is 16.5. The third kappa shape index (κ3) is 4.08. The lowest BCUT2D eigenvalue weighted by Gasteiger charge is -2.25. The minimum atomic E-state index is -0.453. The molecule has 0 saturated carbocycles. The van der Waals surface area contributed by atoms with Crippen molar-refractivity contribution in [1.29, 1.82) is 0 Å². The number of amides is 1. The third-order valence-electron chi connectivity index (χ3n) is 2.71. The lowest BCUT2D eigenvalue weighted by atomic mass is 10.2. The van der Waals surface area contributed by atoms with Crippen LogP contribution in [0.1, 0.15) is 19.8 Å². The Bertz CT molecular complexity index is 223. The Balaban J connectivity index is 2.44. The zero-order chi connectivity index (χ0) is 12.0. The summed E-state index contributed by atoms with van der Waals surface area (Å²) in [5, 5.41) is 0. The average Bonchev–Trinajstić information content (AvgIpc) is 2.49. The first kappa shape index (κ1) is 13.4. The molecule has 1 saturated heterocycles. The molecule has 2 N–H and O–H groups in total. The number of rotatable bonds is 4. The summed E-state index contributed by atoms with van der Waals surface area (Å²) in [4.78, 5) is 13.8. The van der Waals surface area contributed by atoms with Gasteiger partial charge in [-0.1, -0.05) is 0 Å². The van der Waals surface area contributed by atoms with Gasteiger partial charge < -0.3 is 20.1 Å². The van der Waals surface area contributed by atoms with Crippen molar-refractivity contribution in [2.45, 2.75) is 31.9 Å². The molecule has 1 aliphatic rings. The average molecular weight is 230 g/mol. The predicted molar refractivity (Wildman–Crippen MR) is 61.1 cm³/mol. The van der Waals surface area contributed by atoms with Gasteiger partial charge in [0.1, 0.15) is 0 Å². The monoisotopic (exact) mass is 230 g/mol. The van der Waals surface area contributed by atoms with E-state index in [9.17, 15) is 4.79 Å². The molecule has 5 nitrogen and oxygen atoms in total. The summed E-state index contributed by atoms with van der Waals surface area (Å²) in [5.74, 6) is 0.00870. The van der Waals surface area contributed by atoms with Gasteiger partial charge in [0.05, 0.1) is 12.1 Å². The molecule has 2 unspecified atom stereocenters. The molecule has 1 rings (SSSR count). The number of hydrogen-bond donors (Lipinski definition) is 1. The van der Waals surface area contributed by atoms with Crippen LogP contribution in [-0.4, -0.2) is 56.4 Å². The molecule has 0 bridgehead atoms. The van der Waals surface area contributed by atoms with Gasteiger partial charge in [-0.3, -0.25) is 4.79 Å². The fraction of sp³-hybridized carbons (Fsp3) is 0.909. The van der Waals surface area contributed by atoms with E-state index in [-0.39, 0.29) is 12.0 Å². The summed E-state index contributed by atoms with van der Waals surface area (Å²) >= 11 is 0. The molecule has 0 aliphatic carbocycles. The first-order valence-electron chi connectivity index (χ1n) is 5.80. The van der Waals surface area contributed by atoms with Gasteiger partial charge in [-0.2, -0.15) is 0 Å². The summed E-state index contributed by atoms with van der Waals surface area (Å²) in [6.07, 6.45) is 1.55. The quantitative estimate of drug-likeness (QED) is 0.737. The Hall–Kier alpha value is -0.650. The number of nitrogens with two attached hydrogens (primary N) is 1. The largest absolute Gasteiger partial charge is 0.385 e. The van der Waals surface area contributed by atoms with E-state index in [0.29, 0.717) is 19.6 Å². The van der Waals surface area contributed by atoms with Crippen LogP contribution in [0, 0.1) is 0 Å². The van der Waals surface area contributed by atoms with Gasteiger partial charge in [0, 0.05) is 33.4 Å². The Morgan fingerprint density at radius 2 is 2.44 bits per heavy atom. The zero-order valence-electron chi connectivity index (χ0n) is 10.1. The molecule has 2 atom stereocenters. The van der Waals surface area contributed by atoms with Crippen molar-refractivity contribution < 1.29 is 14.3 Å². The molecule has 0 aromatic carbocycles. The van der Waals surface area contributed by atoms with Crippen LogP contribution in [0.5, 0.6) is 0 Å². The van der Waals surface area contributed by atoms with Crippen LogP contribution in [0.25, 0.3) is 0 Å². The highest BCUT2D eigenvalue weighted by Gasteiger charge is 2.24. The standard InChI is InChI=1S/C11H22N2O3/c1-9-8-13(5-3-6-16-9)11(14)10(12)4-7-15-2/h9-10H,3-8,12H2,1-2H3. The van der Waals surface area contributed by atoms with Crippen LogP contribution < -0.4 is 5.73 Å². The summed E-state index contributed by atoms with van der Waals surface area (Å²) in [5.41, 5.74) is 5.82. The Kier molecular flexibility index (Phi) is 5.73. The molecule has 1 aliphatic heterocycles. The van der Waals surface area contributed by atoms with Crippen LogP contribution in [-0.2, 0) is 14.3 Å². The molecule has 1 amide bonds. The van der Waals surface area contributed by atoms with Crippen molar-refractivity contribution in [3.63, 3.8) is 0 Å². The van der Waals surface area contributed by atoms with Gasteiger partial charge in [0.15, 0.2) is 0 Å². The van der Waals surface area contributed by atoms with E-state index in [0.717, 1.165) is 19.6 Å². The maximum absolute atomic E-state index is 12.0. The number of carbonyl (C=O) groups is 1. The molecule has 0 radical (unpaired) electrons. The van der Waals surface area contributed by atoms with E-state index in [4.69, 9.17) is 15.2 Å². The summed E-state index contributed by atoms with van der Waals surface area (Å²) in [6.45, 7) is 4.60. The summed E-state index contributed by atoms with van der Waals surface area (Å²) < 4.78 is 10.4. The molecule has 94 valence electrons. The fourth-order valence-corrected chi connectivity index (χ4v) is 1.80. The van der Waals surface area contributed by atoms with Gasteiger partial charge in [0.25, 0.3) is 0 Å². The molecule has 0 aromatic rings. The lowest BCUT2D eigenvalue weighted by molar-refractivity contribution is -0.133. The normalized spacial score (nSPS) is 23.9. The van der Waals surface area contributed by atoms with Crippen molar-refractivity contribution in [2.24, 2.45) is 5.73 Å². The topological polar surface area (TPSA) is 64.8 Å². The molecule has 16 heavy (non-hydrogen) atoms. The van der Waals surface area contributed by atoms with Crippen molar-refractivity contribution in [2.75, 3.05) is 33.4 Å². The number of nitrogens with zero attached hydrogens (tertiary/aromatic N) is 1. The van der Waals surface area contributed by atoms with Gasteiger partial charge in [0.2, 0.25) is 5.91 Å². The van der Waals surface area contributed by atoms with Crippen LogP contribution in [0.15, 0.2) is 0 Å². The maximum atomic E-state index is 12.0. The zero-order valence-corrected chi connectivity index (χ0v) is 10.1. The highest BCUT2D eigenvalue weighted by molar-refractivity contribution is 5.81. The molecule has 0 aromatic heterocycles. The highest BCUT2D eigenvalue weighted by Crippen LogP contribution is 2.07. The second-order valence-electron chi connectivity index (χ2n) is 4.21. The minimum Gasteiger partial charge on any atom is -0.385 e. The van der Waals surface area contributed by atoms with Crippen LogP contribution in [0.3, 0.4) is 0 Å². The molecular formula is C11H22N2O3. The van der Waals surface area contributed by atoms with Crippen molar-refractivity contribution in [3.8, 4) is 0 Å². The van der Waals surface area contributed by atoms with E-state index in [2.05, 4.69) is 0 Å². The third-order valence-corrected chi connectivity index (χ3v) is 2.71. The van der Waals surface area contributed by atoms with Gasteiger partial charge in [-0.15, -0.1) is 0 Å². The number of hydrogen-bond acceptors (Lipinski definition) is 4. The molecule has 1 fully saturated rings. The predicted octanol–water partition coefficient (Wildman–Crippen LogP) is -0.0124.